The summed E-state index contributed by atoms with van der Waals surface area (Å²) in [6, 6.07) is 0. The summed E-state index contributed by atoms with van der Waals surface area (Å²) in [4.78, 5) is 0. The predicted octanol–water partition coefficient (Wildman–Crippen LogP) is 5.14. The third-order valence-electron chi connectivity index (χ3n) is 7.05. The number of hydrogen-bond acceptors (Lipinski definition) is 0. The Morgan fingerprint density at radius 2 is 2.05 bits per heavy atom. The van der Waals surface area contributed by atoms with E-state index < -0.39 is 0 Å². The van der Waals surface area contributed by atoms with Gasteiger partial charge in [0.2, 0.25) is 0 Å². The maximum atomic E-state index is 2.59. The number of rotatable bonds is 0. The summed E-state index contributed by atoms with van der Waals surface area (Å²) in [6.45, 7) is 5.08. The van der Waals surface area contributed by atoms with Gasteiger partial charge in [-0.05, 0) is 66.8 Å². The predicted molar refractivity (Wildman–Crippen MR) is 80.7 cm³/mol. The van der Waals surface area contributed by atoms with Crippen LogP contribution in [0.4, 0.5) is 0 Å². The van der Waals surface area contributed by atoms with Gasteiger partial charge in [-0.15, -0.1) is 0 Å². The van der Waals surface area contributed by atoms with Gasteiger partial charge in [0.1, 0.15) is 0 Å². The van der Waals surface area contributed by atoms with Crippen molar-refractivity contribution in [2.45, 2.75) is 46.0 Å². The van der Waals surface area contributed by atoms with Gasteiger partial charge in [-0.2, -0.15) is 0 Å². The summed E-state index contributed by atoms with van der Waals surface area (Å²) in [5.74, 6) is 4.38. The SMILES string of the molecule is C[C@@H]1CC[C@H]2[C@@H]3C=CC4=CCC=C[C@@H]4[C@H]3CC[C@]12C. The summed E-state index contributed by atoms with van der Waals surface area (Å²) in [6.07, 6.45) is 19.4. The highest BCUT2D eigenvalue weighted by molar-refractivity contribution is 5.35. The first kappa shape index (κ1) is 12.0. The minimum absolute atomic E-state index is 0.630. The highest BCUT2D eigenvalue weighted by Crippen LogP contribution is 2.61. The van der Waals surface area contributed by atoms with Crippen molar-refractivity contribution < 1.29 is 0 Å². The molecule has 0 heteroatoms. The zero-order valence-corrected chi connectivity index (χ0v) is 12.3. The van der Waals surface area contributed by atoms with Crippen LogP contribution in [0.5, 0.6) is 0 Å². The molecule has 0 aliphatic heterocycles. The first-order chi connectivity index (χ1) is 9.20. The third-order valence-corrected chi connectivity index (χ3v) is 7.05. The molecule has 102 valence electrons. The first-order valence-electron chi connectivity index (χ1n) is 8.25. The lowest BCUT2D eigenvalue weighted by Gasteiger charge is -2.51. The van der Waals surface area contributed by atoms with Crippen LogP contribution in [0.25, 0.3) is 0 Å². The Kier molecular flexibility index (Phi) is 2.59. The molecule has 0 aromatic heterocycles. The summed E-state index contributed by atoms with van der Waals surface area (Å²) < 4.78 is 0. The van der Waals surface area contributed by atoms with Crippen molar-refractivity contribution >= 4 is 0 Å². The highest BCUT2D eigenvalue weighted by Gasteiger charge is 2.53. The number of allylic oxidation sites excluding steroid dienone is 6. The molecule has 6 atom stereocenters. The number of hydrogen-bond donors (Lipinski definition) is 0. The second-order valence-corrected chi connectivity index (χ2v) is 7.62. The molecule has 0 unspecified atom stereocenters. The van der Waals surface area contributed by atoms with E-state index in [-0.39, 0.29) is 0 Å². The molecule has 19 heavy (non-hydrogen) atoms. The molecular weight excluding hydrogens is 228 g/mol. The van der Waals surface area contributed by atoms with E-state index in [0.717, 1.165) is 36.0 Å². The Morgan fingerprint density at radius 3 is 2.95 bits per heavy atom. The van der Waals surface area contributed by atoms with Gasteiger partial charge in [0.25, 0.3) is 0 Å². The Hall–Kier alpha value is -0.780. The summed E-state index contributed by atoms with van der Waals surface area (Å²) in [7, 11) is 0. The van der Waals surface area contributed by atoms with Crippen molar-refractivity contribution in [1.29, 1.82) is 0 Å². The molecule has 4 aliphatic rings. The fourth-order valence-electron chi connectivity index (χ4n) is 5.65. The van der Waals surface area contributed by atoms with Crippen LogP contribution < -0.4 is 0 Å². The van der Waals surface area contributed by atoms with E-state index in [0.29, 0.717) is 5.41 Å². The van der Waals surface area contributed by atoms with Crippen LogP contribution in [0, 0.1) is 35.0 Å². The van der Waals surface area contributed by atoms with Crippen LogP contribution in [0.15, 0.2) is 36.0 Å². The second kappa shape index (κ2) is 4.11. The van der Waals surface area contributed by atoms with Crippen molar-refractivity contribution in [1.82, 2.24) is 0 Å². The lowest BCUT2D eigenvalue weighted by atomic mass is 9.54. The molecule has 2 fully saturated rings. The van der Waals surface area contributed by atoms with Gasteiger partial charge < -0.3 is 0 Å². The van der Waals surface area contributed by atoms with Gasteiger partial charge in [0.05, 0.1) is 0 Å². The Bertz CT molecular complexity index is 466. The van der Waals surface area contributed by atoms with Gasteiger partial charge >= 0.3 is 0 Å². The van der Waals surface area contributed by atoms with Gasteiger partial charge in [-0.3, -0.25) is 0 Å². The molecule has 0 spiro atoms. The number of fused-ring (bicyclic) bond motifs is 5. The molecule has 0 nitrogen and oxygen atoms in total. The average Bonchev–Trinajstić information content (AvgIpc) is 2.75. The van der Waals surface area contributed by atoms with Crippen LogP contribution in [-0.2, 0) is 0 Å². The Labute approximate surface area is 117 Å². The van der Waals surface area contributed by atoms with E-state index >= 15 is 0 Å². The topological polar surface area (TPSA) is 0 Å². The zero-order chi connectivity index (χ0) is 13.0. The van der Waals surface area contributed by atoms with Gasteiger partial charge in [-0.1, -0.05) is 44.2 Å². The molecule has 0 aromatic rings. The normalized spacial score (nSPS) is 51.3. The Balaban J connectivity index is 1.71. The molecule has 4 aliphatic carbocycles. The lowest BCUT2D eigenvalue weighted by molar-refractivity contribution is 0.0263. The molecule has 0 saturated heterocycles. The molecule has 2 saturated carbocycles. The van der Waals surface area contributed by atoms with Crippen LogP contribution >= 0.6 is 0 Å². The van der Waals surface area contributed by atoms with E-state index in [1.165, 1.54) is 25.7 Å². The summed E-state index contributed by atoms with van der Waals surface area (Å²) >= 11 is 0. The van der Waals surface area contributed by atoms with Crippen LogP contribution in [-0.4, -0.2) is 0 Å². The monoisotopic (exact) mass is 254 g/mol. The first-order valence-corrected chi connectivity index (χ1v) is 8.25. The standard InChI is InChI=1S/C19H26/c1-13-7-10-18-17-9-8-14-5-3-4-6-15(14)16(17)11-12-19(13,18)2/h4-6,8-9,13,15-18H,3,7,10-12H2,1-2H3/t13-,15+,16-,17-,18+,19-/m1/s1. The quantitative estimate of drug-likeness (QED) is 0.525. The highest BCUT2D eigenvalue weighted by atomic mass is 14.6. The van der Waals surface area contributed by atoms with Gasteiger partial charge in [0, 0.05) is 5.92 Å². The van der Waals surface area contributed by atoms with Crippen LogP contribution in [0.3, 0.4) is 0 Å². The smallest absolute Gasteiger partial charge is 0.00489 e. The third kappa shape index (κ3) is 1.58. The Morgan fingerprint density at radius 1 is 1.16 bits per heavy atom. The summed E-state index contributed by atoms with van der Waals surface area (Å²) in [5, 5.41) is 0. The maximum Gasteiger partial charge on any atom is 0.00489 e. The molecule has 0 aromatic carbocycles. The van der Waals surface area contributed by atoms with Crippen LogP contribution in [0.2, 0.25) is 0 Å². The van der Waals surface area contributed by atoms with E-state index in [1.54, 1.807) is 5.57 Å². The van der Waals surface area contributed by atoms with Crippen molar-refractivity contribution in [3.05, 3.63) is 36.0 Å². The van der Waals surface area contributed by atoms with Crippen LogP contribution in [0.1, 0.15) is 46.0 Å². The minimum Gasteiger partial charge on any atom is -0.0841 e. The molecular formula is C19H26. The maximum absolute atomic E-state index is 2.59. The van der Waals surface area contributed by atoms with E-state index in [2.05, 4.69) is 44.2 Å². The molecule has 4 rings (SSSR count). The van der Waals surface area contributed by atoms with Crippen molar-refractivity contribution in [2.75, 3.05) is 0 Å². The van der Waals surface area contributed by atoms with Crippen molar-refractivity contribution in [3.8, 4) is 0 Å². The minimum atomic E-state index is 0.630. The molecule has 0 amide bonds. The van der Waals surface area contributed by atoms with Crippen molar-refractivity contribution in [3.63, 3.8) is 0 Å². The van der Waals surface area contributed by atoms with E-state index in [4.69, 9.17) is 0 Å². The van der Waals surface area contributed by atoms with E-state index in [1.807, 2.05) is 0 Å². The zero-order valence-electron chi connectivity index (χ0n) is 12.3. The molecule has 0 radical (unpaired) electrons. The molecule has 0 N–H and O–H groups in total. The average molecular weight is 254 g/mol. The largest absolute Gasteiger partial charge is 0.0841 e. The summed E-state index contributed by atoms with van der Waals surface area (Å²) in [5.41, 5.74) is 2.24. The fraction of sp³-hybridized carbons (Fsp3) is 0.684. The van der Waals surface area contributed by atoms with Crippen molar-refractivity contribution in [2.24, 2.45) is 35.0 Å². The van der Waals surface area contributed by atoms with E-state index in [9.17, 15) is 0 Å². The molecule has 0 bridgehead atoms. The second-order valence-electron chi connectivity index (χ2n) is 7.62. The van der Waals surface area contributed by atoms with Gasteiger partial charge in [0.15, 0.2) is 0 Å². The lowest BCUT2D eigenvalue weighted by Crippen LogP contribution is -2.43. The van der Waals surface area contributed by atoms with Gasteiger partial charge in [-0.25, -0.2) is 0 Å². The fourth-order valence-corrected chi connectivity index (χ4v) is 5.65. The molecule has 0 heterocycles.